The van der Waals surface area contributed by atoms with Crippen LogP contribution in [-0.4, -0.2) is 57.8 Å². The third kappa shape index (κ3) is 10.5. The van der Waals surface area contributed by atoms with Crippen molar-refractivity contribution in [2.45, 2.75) is 59.2 Å². The van der Waals surface area contributed by atoms with Crippen LogP contribution < -0.4 is 4.74 Å². The maximum absolute atomic E-state index is 12.8. The predicted octanol–water partition coefficient (Wildman–Crippen LogP) is 5.25. The number of amidine groups is 1. The van der Waals surface area contributed by atoms with Crippen molar-refractivity contribution < 1.29 is 28.7 Å². The maximum atomic E-state index is 12.8. The lowest BCUT2D eigenvalue weighted by Crippen LogP contribution is -2.41. The molecule has 0 fully saturated rings. The van der Waals surface area contributed by atoms with E-state index >= 15 is 0 Å². The van der Waals surface area contributed by atoms with Crippen LogP contribution in [0.15, 0.2) is 29.3 Å². The number of ether oxygens (including phenoxy) is 3. The fourth-order valence-electron chi connectivity index (χ4n) is 2.26. The molecule has 0 saturated carbocycles. The Balaban J connectivity index is 2.91. The van der Waals surface area contributed by atoms with Crippen molar-refractivity contribution >= 4 is 34.8 Å². The molecule has 0 aliphatic carbocycles. The van der Waals surface area contributed by atoms with Gasteiger partial charge in [0.05, 0.1) is 17.6 Å². The summed E-state index contributed by atoms with van der Waals surface area (Å²) in [5.74, 6) is 0.343. The van der Waals surface area contributed by atoms with Crippen LogP contribution in [0.1, 0.15) is 48.0 Å². The second-order valence-corrected chi connectivity index (χ2v) is 9.44. The van der Waals surface area contributed by atoms with Gasteiger partial charge < -0.3 is 14.2 Å². The molecule has 178 valence electrons. The zero-order valence-corrected chi connectivity index (χ0v) is 20.4. The standard InChI is InChI=1S/C21H31N3O7S/c1-20(2,3)30-18(25)22-17(32-7)23(19(26)31-21(4,5)6)12-9-13-29-16-11-8-10-15(14-16)24(27)28/h8,10-11,14H,9,12-13H2,1-7H3. The molecule has 1 aromatic carbocycles. The van der Waals surface area contributed by atoms with Crippen LogP contribution in [0.2, 0.25) is 0 Å². The monoisotopic (exact) mass is 469 g/mol. The first-order valence-corrected chi connectivity index (χ1v) is 11.2. The number of non-ortho nitro benzene ring substituents is 1. The summed E-state index contributed by atoms with van der Waals surface area (Å²) in [4.78, 5) is 40.5. The van der Waals surface area contributed by atoms with Crippen LogP contribution in [0, 0.1) is 10.1 Å². The van der Waals surface area contributed by atoms with Gasteiger partial charge in [-0.2, -0.15) is 4.99 Å². The summed E-state index contributed by atoms with van der Waals surface area (Å²) in [5, 5.41) is 11.0. The molecule has 0 heterocycles. The van der Waals surface area contributed by atoms with Gasteiger partial charge in [0.25, 0.3) is 5.69 Å². The van der Waals surface area contributed by atoms with Gasteiger partial charge in [0.15, 0.2) is 5.17 Å². The number of nitrogens with zero attached hydrogens (tertiary/aromatic N) is 3. The first kappa shape index (κ1) is 27.2. The average molecular weight is 470 g/mol. The molecule has 11 heteroatoms. The van der Waals surface area contributed by atoms with E-state index in [0.29, 0.717) is 12.2 Å². The Morgan fingerprint density at radius 3 is 2.28 bits per heavy atom. The fraction of sp³-hybridized carbons (Fsp3) is 0.571. The third-order valence-electron chi connectivity index (χ3n) is 3.43. The molecule has 0 aliphatic rings. The molecular weight excluding hydrogens is 438 g/mol. The summed E-state index contributed by atoms with van der Waals surface area (Å²) in [6.45, 7) is 10.7. The molecule has 0 radical (unpaired) electrons. The number of nitro benzene ring substituents is 1. The van der Waals surface area contributed by atoms with E-state index in [1.54, 1.807) is 53.9 Å². The molecule has 0 spiro atoms. The van der Waals surface area contributed by atoms with Gasteiger partial charge in [-0.25, -0.2) is 9.59 Å². The van der Waals surface area contributed by atoms with Crippen LogP contribution in [-0.2, 0) is 9.47 Å². The second kappa shape index (κ2) is 11.7. The van der Waals surface area contributed by atoms with Crippen molar-refractivity contribution in [3.8, 4) is 5.75 Å². The molecule has 0 bridgehead atoms. The Morgan fingerprint density at radius 1 is 1.12 bits per heavy atom. The van der Waals surface area contributed by atoms with Gasteiger partial charge in [-0.15, -0.1) is 0 Å². The van der Waals surface area contributed by atoms with Crippen molar-refractivity contribution in [3.63, 3.8) is 0 Å². The van der Waals surface area contributed by atoms with E-state index in [0.717, 1.165) is 11.8 Å². The minimum atomic E-state index is -0.816. The van der Waals surface area contributed by atoms with E-state index in [9.17, 15) is 19.7 Å². The van der Waals surface area contributed by atoms with Crippen molar-refractivity contribution in [2.24, 2.45) is 4.99 Å². The largest absolute Gasteiger partial charge is 0.493 e. The summed E-state index contributed by atoms with van der Waals surface area (Å²) in [5.41, 5.74) is -1.55. The fourth-order valence-corrected chi connectivity index (χ4v) is 2.81. The number of rotatable bonds is 6. The van der Waals surface area contributed by atoms with Crippen molar-refractivity contribution in [1.82, 2.24) is 4.90 Å². The first-order chi connectivity index (χ1) is 14.7. The quantitative estimate of drug-likeness (QED) is 0.182. The number of nitro groups is 1. The van der Waals surface area contributed by atoms with Crippen LogP contribution in [0.4, 0.5) is 15.3 Å². The maximum Gasteiger partial charge on any atom is 0.436 e. The zero-order valence-electron chi connectivity index (χ0n) is 19.5. The van der Waals surface area contributed by atoms with Gasteiger partial charge in [0, 0.05) is 12.6 Å². The highest BCUT2D eigenvalue weighted by atomic mass is 32.2. The highest BCUT2D eigenvalue weighted by Crippen LogP contribution is 2.20. The number of hydrogen-bond donors (Lipinski definition) is 0. The van der Waals surface area contributed by atoms with Gasteiger partial charge in [0.1, 0.15) is 17.0 Å². The average Bonchev–Trinajstić information content (AvgIpc) is 2.63. The molecule has 0 aliphatic heterocycles. The number of carbonyl (C=O) groups is 2. The summed E-state index contributed by atoms with van der Waals surface area (Å²) < 4.78 is 16.2. The van der Waals surface area contributed by atoms with Crippen molar-refractivity contribution in [2.75, 3.05) is 19.4 Å². The molecular formula is C21H31N3O7S. The van der Waals surface area contributed by atoms with E-state index in [2.05, 4.69) is 4.99 Å². The topological polar surface area (TPSA) is 121 Å². The van der Waals surface area contributed by atoms with Crippen molar-refractivity contribution in [1.29, 1.82) is 0 Å². The number of benzene rings is 1. The number of carbonyl (C=O) groups excluding carboxylic acids is 2. The molecule has 0 saturated heterocycles. The van der Waals surface area contributed by atoms with Gasteiger partial charge in [-0.05, 0) is 60.3 Å². The zero-order chi connectivity index (χ0) is 24.5. The van der Waals surface area contributed by atoms with Gasteiger partial charge >= 0.3 is 12.2 Å². The molecule has 1 aromatic rings. The Labute approximate surface area is 192 Å². The summed E-state index contributed by atoms with van der Waals surface area (Å²) >= 11 is 1.10. The van der Waals surface area contributed by atoms with E-state index in [4.69, 9.17) is 14.2 Å². The highest BCUT2D eigenvalue weighted by molar-refractivity contribution is 8.13. The molecule has 10 nitrogen and oxygen atoms in total. The minimum Gasteiger partial charge on any atom is -0.493 e. The van der Waals surface area contributed by atoms with Crippen LogP contribution in [0.3, 0.4) is 0 Å². The normalized spacial score (nSPS) is 12.2. The summed E-state index contributed by atoms with van der Waals surface area (Å²) in [7, 11) is 0. The summed E-state index contributed by atoms with van der Waals surface area (Å²) in [6.07, 6.45) is 0.559. The van der Waals surface area contributed by atoms with E-state index in [-0.39, 0.29) is 24.0 Å². The Kier molecular flexibility index (Phi) is 9.95. The smallest absolute Gasteiger partial charge is 0.436 e. The SMILES string of the molecule is CSC(=NC(=O)OC(C)(C)C)N(CCCOc1cccc([N+](=O)[O-])c1)C(=O)OC(C)(C)C. The lowest BCUT2D eigenvalue weighted by Gasteiger charge is -2.27. The second-order valence-electron chi connectivity index (χ2n) is 8.67. The number of hydrogen-bond acceptors (Lipinski definition) is 8. The van der Waals surface area contributed by atoms with Crippen LogP contribution >= 0.6 is 11.8 Å². The van der Waals surface area contributed by atoms with Gasteiger partial charge in [0.2, 0.25) is 0 Å². The molecule has 0 unspecified atom stereocenters. The van der Waals surface area contributed by atoms with E-state index in [1.807, 2.05) is 0 Å². The van der Waals surface area contributed by atoms with Gasteiger partial charge in [-0.1, -0.05) is 17.8 Å². The predicted molar refractivity (Wildman–Crippen MR) is 123 cm³/mol. The Bertz CT molecular complexity index is 845. The minimum absolute atomic E-state index is 0.0768. The lowest BCUT2D eigenvalue weighted by atomic mass is 10.2. The molecule has 32 heavy (non-hydrogen) atoms. The molecule has 0 N–H and O–H groups in total. The Morgan fingerprint density at radius 2 is 1.75 bits per heavy atom. The van der Waals surface area contributed by atoms with E-state index in [1.165, 1.54) is 23.1 Å². The number of aliphatic imine (C=N–C) groups is 1. The number of thioether (sulfide) groups is 1. The Hall–Kier alpha value is -2.82. The molecule has 0 aromatic heterocycles. The van der Waals surface area contributed by atoms with E-state index < -0.39 is 28.3 Å². The third-order valence-corrected chi connectivity index (χ3v) is 4.11. The first-order valence-electron chi connectivity index (χ1n) is 9.95. The molecule has 0 atom stereocenters. The lowest BCUT2D eigenvalue weighted by molar-refractivity contribution is -0.384. The van der Waals surface area contributed by atoms with Crippen LogP contribution in [0.5, 0.6) is 5.75 Å². The summed E-state index contributed by atoms with van der Waals surface area (Å²) in [6, 6.07) is 5.83. The molecule has 2 amide bonds. The van der Waals surface area contributed by atoms with Gasteiger partial charge in [-0.3, -0.25) is 15.0 Å². The number of amides is 2. The van der Waals surface area contributed by atoms with Crippen LogP contribution in [0.25, 0.3) is 0 Å². The van der Waals surface area contributed by atoms with Crippen molar-refractivity contribution in [3.05, 3.63) is 34.4 Å². The highest BCUT2D eigenvalue weighted by Gasteiger charge is 2.27. The molecule has 1 rings (SSSR count).